The molecule has 0 amide bonds. The van der Waals surface area contributed by atoms with Gasteiger partial charge in [0.1, 0.15) is 43.2 Å². The molecule has 8 N–H and O–H groups in total. The Morgan fingerprint density at radius 2 is 1.47 bits per heavy atom. The van der Waals surface area contributed by atoms with Crippen LogP contribution >= 0.6 is 0 Å². The van der Waals surface area contributed by atoms with Gasteiger partial charge in [-0.05, 0) is 5.92 Å². The molecule has 2 fully saturated rings. The Kier molecular flexibility index (Phi) is 8.15. The molecular weight excluding hydrogens is 412 g/mol. The normalized spacial score (nSPS) is 44.4. The fourth-order valence-electron chi connectivity index (χ4n) is 3.33. The van der Waals surface area contributed by atoms with Crippen LogP contribution in [0.4, 0.5) is 0 Å². The molecule has 0 aromatic rings. The first-order valence-electron chi connectivity index (χ1n) is 9.47. The van der Waals surface area contributed by atoms with Gasteiger partial charge >= 0.3 is 11.9 Å². The molecule has 2 aliphatic rings. The van der Waals surface area contributed by atoms with E-state index < -0.39 is 80.3 Å². The molecule has 13 heteroatoms. The van der Waals surface area contributed by atoms with Crippen LogP contribution in [0.5, 0.6) is 0 Å². The smallest absolute Gasteiger partial charge is 0.362 e. The van der Waals surface area contributed by atoms with E-state index in [4.69, 9.17) is 18.9 Å². The van der Waals surface area contributed by atoms with Gasteiger partial charge in [-0.15, -0.1) is 0 Å². The highest BCUT2D eigenvalue weighted by atomic mass is 16.9. The first-order chi connectivity index (χ1) is 14.0. The van der Waals surface area contributed by atoms with Crippen LogP contribution in [0, 0.1) is 5.92 Å². The van der Waals surface area contributed by atoms with E-state index in [-0.39, 0.29) is 12.3 Å². The fourth-order valence-corrected chi connectivity index (χ4v) is 3.33. The average molecular weight is 442 g/mol. The number of carbonyl (C=O) groups is 1. The molecule has 2 aliphatic heterocycles. The summed E-state index contributed by atoms with van der Waals surface area (Å²) in [5.41, 5.74) is 0. The average Bonchev–Trinajstić information content (AvgIpc) is 2.93. The second-order valence-electron chi connectivity index (χ2n) is 7.79. The Balaban J connectivity index is 2.46. The van der Waals surface area contributed by atoms with E-state index in [0.717, 1.165) is 0 Å². The van der Waals surface area contributed by atoms with Crippen molar-refractivity contribution in [3.8, 4) is 0 Å². The van der Waals surface area contributed by atoms with Crippen LogP contribution in [-0.4, -0.2) is 121 Å². The molecule has 176 valence electrons. The van der Waals surface area contributed by atoms with Crippen LogP contribution in [0.2, 0.25) is 0 Å². The molecule has 0 aliphatic carbocycles. The Morgan fingerprint density at radius 3 is 1.93 bits per heavy atom. The standard InChI is InChI=1S/C17H30O13/c1-7(2)3-10(21)29-17(15(26)13(24)11(22)8(4-18)28-17)30-16(6-20)14(25)12(23)9(5-19)27-16/h7-9,11-15,18-20,22-26H,3-6H2,1-2H3/t8-,9-,11-,12-,13+,14+,15-,16?,17+/m1/s1. The summed E-state index contributed by atoms with van der Waals surface area (Å²) < 4.78 is 21.1. The molecule has 2 heterocycles. The number of rotatable bonds is 8. The summed E-state index contributed by atoms with van der Waals surface area (Å²) in [5.74, 6) is -6.70. The van der Waals surface area contributed by atoms with Crippen molar-refractivity contribution in [3.63, 3.8) is 0 Å². The van der Waals surface area contributed by atoms with Gasteiger partial charge in [-0.25, -0.2) is 0 Å². The minimum Gasteiger partial charge on any atom is -0.405 e. The largest absolute Gasteiger partial charge is 0.405 e. The summed E-state index contributed by atoms with van der Waals surface area (Å²) in [4.78, 5) is 12.3. The zero-order valence-electron chi connectivity index (χ0n) is 16.6. The van der Waals surface area contributed by atoms with Crippen molar-refractivity contribution in [2.24, 2.45) is 5.92 Å². The van der Waals surface area contributed by atoms with Gasteiger partial charge in [0, 0.05) is 6.42 Å². The van der Waals surface area contributed by atoms with Crippen molar-refractivity contribution >= 4 is 5.97 Å². The summed E-state index contributed by atoms with van der Waals surface area (Å²) in [5, 5.41) is 79.7. The van der Waals surface area contributed by atoms with Gasteiger partial charge < -0.3 is 55.1 Å². The molecule has 0 aromatic carbocycles. The number of ether oxygens (including phenoxy) is 4. The number of hydrogen-bond donors (Lipinski definition) is 8. The lowest BCUT2D eigenvalue weighted by Crippen LogP contribution is -2.70. The summed E-state index contributed by atoms with van der Waals surface area (Å²) in [7, 11) is 0. The Hall–Kier alpha value is -0.970. The van der Waals surface area contributed by atoms with Gasteiger partial charge in [-0.1, -0.05) is 13.8 Å². The highest BCUT2D eigenvalue weighted by Crippen LogP contribution is 2.41. The zero-order chi connectivity index (χ0) is 22.9. The van der Waals surface area contributed by atoms with E-state index in [0.29, 0.717) is 0 Å². The van der Waals surface area contributed by atoms with E-state index in [9.17, 15) is 45.6 Å². The van der Waals surface area contributed by atoms with Crippen LogP contribution in [0.15, 0.2) is 0 Å². The topological polar surface area (TPSA) is 216 Å². The number of carbonyl (C=O) groups excluding carboxylic acids is 1. The van der Waals surface area contributed by atoms with Crippen molar-refractivity contribution in [3.05, 3.63) is 0 Å². The first kappa shape index (κ1) is 25.3. The fraction of sp³-hybridized carbons (Fsp3) is 0.941. The minimum absolute atomic E-state index is 0.193. The number of hydrogen-bond acceptors (Lipinski definition) is 13. The highest BCUT2D eigenvalue weighted by molar-refractivity contribution is 5.70. The van der Waals surface area contributed by atoms with Crippen LogP contribution in [0.1, 0.15) is 20.3 Å². The van der Waals surface area contributed by atoms with Gasteiger partial charge in [-0.3, -0.25) is 9.53 Å². The van der Waals surface area contributed by atoms with Crippen molar-refractivity contribution in [1.82, 2.24) is 0 Å². The van der Waals surface area contributed by atoms with Crippen molar-refractivity contribution in [2.45, 2.75) is 74.8 Å². The van der Waals surface area contributed by atoms with Crippen molar-refractivity contribution < 1.29 is 64.6 Å². The number of aliphatic hydroxyl groups excluding tert-OH is 8. The third-order valence-electron chi connectivity index (χ3n) is 4.96. The quantitative estimate of drug-likeness (QED) is 0.132. The first-order valence-corrected chi connectivity index (χ1v) is 9.47. The predicted molar refractivity (Wildman–Crippen MR) is 93.1 cm³/mol. The van der Waals surface area contributed by atoms with Crippen molar-refractivity contribution in [1.29, 1.82) is 0 Å². The van der Waals surface area contributed by atoms with Gasteiger partial charge in [0.2, 0.25) is 5.79 Å². The maximum atomic E-state index is 12.3. The lowest BCUT2D eigenvalue weighted by Gasteiger charge is -2.49. The Labute approximate surface area is 172 Å². The molecule has 0 aromatic heterocycles. The van der Waals surface area contributed by atoms with Crippen molar-refractivity contribution in [2.75, 3.05) is 19.8 Å². The third-order valence-corrected chi connectivity index (χ3v) is 4.96. The monoisotopic (exact) mass is 442 g/mol. The maximum absolute atomic E-state index is 12.3. The molecular formula is C17H30O13. The molecule has 1 unspecified atom stereocenters. The van der Waals surface area contributed by atoms with Crippen LogP contribution in [0.3, 0.4) is 0 Å². The second-order valence-corrected chi connectivity index (χ2v) is 7.79. The molecule has 2 saturated heterocycles. The Morgan fingerprint density at radius 1 is 0.900 bits per heavy atom. The van der Waals surface area contributed by atoms with Crippen LogP contribution < -0.4 is 0 Å². The lowest BCUT2D eigenvalue weighted by molar-refractivity contribution is -0.498. The summed E-state index contributed by atoms with van der Waals surface area (Å²) in [6.07, 6.45) is -13.1. The number of aliphatic hydroxyl groups is 8. The third kappa shape index (κ3) is 4.61. The van der Waals surface area contributed by atoms with E-state index in [1.807, 2.05) is 0 Å². The molecule has 0 radical (unpaired) electrons. The van der Waals surface area contributed by atoms with E-state index in [1.54, 1.807) is 13.8 Å². The van der Waals surface area contributed by atoms with E-state index in [1.165, 1.54) is 0 Å². The number of esters is 1. The van der Waals surface area contributed by atoms with Crippen LogP contribution in [0.25, 0.3) is 0 Å². The molecule has 0 bridgehead atoms. The van der Waals surface area contributed by atoms with E-state index in [2.05, 4.69) is 0 Å². The van der Waals surface area contributed by atoms with Crippen LogP contribution in [-0.2, 0) is 23.7 Å². The summed E-state index contributed by atoms with van der Waals surface area (Å²) >= 11 is 0. The minimum atomic E-state index is -2.95. The highest BCUT2D eigenvalue weighted by Gasteiger charge is 2.65. The lowest BCUT2D eigenvalue weighted by atomic mass is 9.97. The molecule has 30 heavy (non-hydrogen) atoms. The summed E-state index contributed by atoms with van der Waals surface area (Å²) in [6.45, 7) is 0.527. The maximum Gasteiger partial charge on any atom is 0.362 e. The van der Waals surface area contributed by atoms with E-state index >= 15 is 0 Å². The SMILES string of the molecule is CC(C)CC(=O)O[C@@]1(OC2(CO)O[C@H](CO)[C@@H](O)[C@@H]2O)O[C@H](CO)[C@@H](O)[C@H](O)[C@H]1O. The molecule has 0 spiro atoms. The molecule has 0 saturated carbocycles. The van der Waals surface area contributed by atoms with Gasteiger partial charge in [0.15, 0.2) is 6.10 Å². The molecule has 2 rings (SSSR count). The second kappa shape index (κ2) is 9.67. The van der Waals surface area contributed by atoms with Gasteiger partial charge in [0.25, 0.3) is 0 Å². The van der Waals surface area contributed by atoms with Gasteiger partial charge in [0.05, 0.1) is 13.2 Å². The Bertz CT molecular complexity index is 586. The summed E-state index contributed by atoms with van der Waals surface area (Å²) in [6, 6.07) is 0. The van der Waals surface area contributed by atoms with Gasteiger partial charge in [-0.2, -0.15) is 0 Å². The predicted octanol–water partition coefficient (Wildman–Crippen LogP) is -4.48. The zero-order valence-corrected chi connectivity index (χ0v) is 16.6. The molecule has 13 nitrogen and oxygen atoms in total. The molecule has 9 atom stereocenters.